The summed E-state index contributed by atoms with van der Waals surface area (Å²) in [6.45, 7) is 2.48. The fraction of sp³-hybridized carbons (Fsp3) is 0.261. The zero-order chi connectivity index (χ0) is 21.0. The number of nitrogens with zero attached hydrogens (tertiary/aromatic N) is 5. The summed E-state index contributed by atoms with van der Waals surface area (Å²) in [4.78, 5) is 32.3. The first-order valence-electron chi connectivity index (χ1n) is 10.5. The van der Waals surface area contributed by atoms with Crippen LogP contribution in [0.15, 0.2) is 60.2 Å². The average Bonchev–Trinajstić information content (AvgIpc) is 2.84. The van der Waals surface area contributed by atoms with Crippen LogP contribution in [0.4, 0.5) is 17.2 Å². The molecule has 8 nitrogen and oxygen atoms in total. The molecule has 0 unspecified atom stereocenters. The van der Waals surface area contributed by atoms with Crippen LogP contribution in [0.1, 0.15) is 24.8 Å². The van der Waals surface area contributed by atoms with Gasteiger partial charge in [0.1, 0.15) is 12.4 Å². The van der Waals surface area contributed by atoms with Crippen molar-refractivity contribution in [3.05, 3.63) is 60.8 Å². The van der Waals surface area contributed by atoms with Crippen molar-refractivity contribution in [3.8, 4) is 11.1 Å². The second-order valence-electron chi connectivity index (χ2n) is 7.63. The average molecular weight is 413 g/mol. The molecule has 0 aliphatic carbocycles. The Kier molecular flexibility index (Phi) is 5.26. The minimum atomic E-state index is -0.305. The van der Waals surface area contributed by atoms with Gasteiger partial charge in [-0.05, 0) is 43.0 Å². The van der Waals surface area contributed by atoms with Crippen LogP contribution in [0.5, 0.6) is 0 Å². The molecule has 2 aliphatic rings. The second kappa shape index (κ2) is 8.51. The summed E-state index contributed by atoms with van der Waals surface area (Å²) >= 11 is 0. The van der Waals surface area contributed by atoms with Gasteiger partial charge in [-0.25, -0.2) is 4.98 Å². The molecule has 0 atom stereocenters. The molecule has 8 heteroatoms. The third-order valence-electron chi connectivity index (χ3n) is 5.58. The summed E-state index contributed by atoms with van der Waals surface area (Å²) < 4.78 is 0. The van der Waals surface area contributed by atoms with Crippen molar-refractivity contribution in [2.75, 3.05) is 35.3 Å². The Hall–Kier alpha value is -3.81. The highest BCUT2D eigenvalue weighted by molar-refractivity contribution is 6.50. The van der Waals surface area contributed by atoms with Crippen molar-refractivity contribution in [3.63, 3.8) is 0 Å². The summed E-state index contributed by atoms with van der Waals surface area (Å²) in [6, 6.07) is 8.20. The SMILES string of the molecule is O=C(Nc1cnccn1)C1=NCNc2ccc(-c3cncc(N4CCCCC4)c3)cc21. The summed E-state index contributed by atoms with van der Waals surface area (Å²) in [5, 5.41) is 6.01. The van der Waals surface area contributed by atoms with Crippen LogP contribution < -0.4 is 15.5 Å². The molecule has 156 valence electrons. The Balaban J connectivity index is 1.44. The van der Waals surface area contributed by atoms with Gasteiger partial charge >= 0.3 is 0 Å². The molecule has 3 aromatic rings. The highest BCUT2D eigenvalue weighted by Crippen LogP contribution is 2.30. The first-order valence-corrected chi connectivity index (χ1v) is 10.5. The van der Waals surface area contributed by atoms with Crippen molar-refractivity contribution < 1.29 is 4.79 Å². The summed E-state index contributed by atoms with van der Waals surface area (Å²) in [5.41, 5.74) is 5.17. The van der Waals surface area contributed by atoms with Crippen molar-refractivity contribution >= 4 is 28.8 Å². The van der Waals surface area contributed by atoms with Crippen LogP contribution in [0.2, 0.25) is 0 Å². The lowest BCUT2D eigenvalue weighted by molar-refractivity contribution is -0.110. The summed E-state index contributed by atoms with van der Waals surface area (Å²) in [5.74, 6) is 0.0884. The van der Waals surface area contributed by atoms with Crippen molar-refractivity contribution in [2.24, 2.45) is 4.99 Å². The molecular formula is C23H23N7O. The molecular weight excluding hydrogens is 390 g/mol. The van der Waals surface area contributed by atoms with Crippen LogP contribution in [-0.2, 0) is 4.79 Å². The summed E-state index contributed by atoms with van der Waals surface area (Å²) in [7, 11) is 0. The van der Waals surface area contributed by atoms with E-state index in [1.54, 1.807) is 6.20 Å². The number of carbonyl (C=O) groups is 1. The minimum Gasteiger partial charge on any atom is -0.370 e. The van der Waals surface area contributed by atoms with Gasteiger partial charge in [-0.15, -0.1) is 0 Å². The minimum absolute atomic E-state index is 0.305. The fourth-order valence-electron chi connectivity index (χ4n) is 4.01. The number of piperidine rings is 1. The number of fused-ring (bicyclic) bond motifs is 1. The number of carbonyl (C=O) groups excluding carboxylic acids is 1. The van der Waals surface area contributed by atoms with E-state index in [2.05, 4.69) is 41.5 Å². The van der Waals surface area contributed by atoms with E-state index in [1.807, 2.05) is 30.6 Å². The molecule has 1 fully saturated rings. The van der Waals surface area contributed by atoms with Gasteiger partial charge in [0.2, 0.25) is 0 Å². The molecule has 0 bridgehead atoms. The van der Waals surface area contributed by atoms with Crippen molar-refractivity contribution in [1.29, 1.82) is 0 Å². The number of pyridine rings is 1. The third kappa shape index (κ3) is 4.09. The van der Waals surface area contributed by atoms with Gasteiger partial charge in [0.15, 0.2) is 5.82 Å². The Labute approximate surface area is 180 Å². The zero-order valence-electron chi connectivity index (χ0n) is 17.1. The number of benzene rings is 1. The number of rotatable bonds is 4. The van der Waals surface area contributed by atoms with E-state index in [0.717, 1.165) is 41.2 Å². The van der Waals surface area contributed by atoms with Gasteiger partial charge < -0.3 is 15.5 Å². The van der Waals surface area contributed by atoms with E-state index < -0.39 is 0 Å². The predicted octanol–water partition coefficient (Wildman–Crippen LogP) is 3.34. The first kappa shape index (κ1) is 19.2. The van der Waals surface area contributed by atoms with Crippen LogP contribution in [0.3, 0.4) is 0 Å². The molecule has 31 heavy (non-hydrogen) atoms. The van der Waals surface area contributed by atoms with E-state index in [9.17, 15) is 4.79 Å². The summed E-state index contributed by atoms with van der Waals surface area (Å²) in [6.07, 6.45) is 12.1. The molecule has 2 aromatic heterocycles. The molecule has 1 saturated heterocycles. The standard InChI is InChI=1S/C23H23N7O/c31-23(29-21-14-24-6-7-26-21)22-19-11-16(4-5-20(19)27-15-28-22)17-10-18(13-25-12-17)30-8-2-1-3-9-30/h4-7,10-14,27H,1-3,8-9,15H2,(H,26,29,31). The second-order valence-corrected chi connectivity index (χ2v) is 7.63. The van der Waals surface area contributed by atoms with Gasteiger partial charge in [-0.2, -0.15) is 0 Å². The van der Waals surface area contributed by atoms with Crippen molar-refractivity contribution in [1.82, 2.24) is 15.0 Å². The number of nitrogens with one attached hydrogen (secondary N) is 2. The Morgan fingerprint density at radius 2 is 1.87 bits per heavy atom. The van der Waals surface area contributed by atoms with E-state index >= 15 is 0 Å². The number of amides is 1. The zero-order valence-corrected chi connectivity index (χ0v) is 17.1. The van der Waals surface area contributed by atoms with Gasteiger partial charge in [0, 0.05) is 48.5 Å². The topological polar surface area (TPSA) is 95.4 Å². The van der Waals surface area contributed by atoms with Crippen LogP contribution in [0.25, 0.3) is 11.1 Å². The molecule has 1 amide bonds. The Morgan fingerprint density at radius 3 is 2.71 bits per heavy atom. The Morgan fingerprint density at radius 1 is 0.968 bits per heavy atom. The van der Waals surface area contributed by atoms with Gasteiger partial charge in [0.25, 0.3) is 5.91 Å². The van der Waals surface area contributed by atoms with E-state index in [-0.39, 0.29) is 5.91 Å². The lowest BCUT2D eigenvalue weighted by atomic mass is 9.98. The molecule has 4 heterocycles. The first-order chi connectivity index (χ1) is 15.3. The smallest absolute Gasteiger partial charge is 0.275 e. The number of hydrogen-bond donors (Lipinski definition) is 2. The molecule has 1 aromatic carbocycles. The number of aromatic nitrogens is 3. The largest absolute Gasteiger partial charge is 0.370 e. The van der Waals surface area contributed by atoms with Crippen LogP contribution >= 0.6 is 0 Å². The maximum absolute atomic E-state index is 12.9. The number of aliphatic imine (C=N–C) groups is 1. The molecule has 0 radical (unpaired) electrons. The number of hydrogen-bond acceptors (Lipinski definition) is 7. The fourth-order valence-corrected chi connectivity index (χ4v) is 4.01. The van der Waals surface area contributed by atoms with Crippen LogP contribution in [0, 0.1) is 0 Å². The number of anilines is 3. The van der Waals surface area contributed by atoms with Gasteiger partial charge in [-0.3, -0.25) is 19.8 Å². The molecule has 5 rings (SSSR count). The maximum atomic E-state index is 12.9. The monoisotopic (exact) mass is 413 g/mol. The molecule has 0 spiro atoms. The lowest BCUT2D eigenvalue weighted by Crippen LogP contribution is -2.29. The van der Waals surface area contributed by atoms with E-state index in [1.165, 1.54) is 31.7 Å². The van der Waals surface area contributed by atoms with Crippen molar-refractivity contribution in [2.45, 2.75) is 19.3 Å². The molecule has 2 aliphatic heterocycles. The highest BCUT2D eigenvalue weighted by atomic mass is 16.2. The maximum Gasteiger partial charge on any atom is 0.275 e. The quantitative estimate of drug-likeness (QED) is 0.681. The highest BCUT2D eigenvalue weighted by Gasteiger charge is 2.22. The Bertz CT molecular complexity index is 1120. The molecule has 0 saturated carbocycles. The molecule has 2 N–H and O–H groups in total. The van der Waals surface area contributed by atoms with E-state index in [4.69, 9.17) is 0 Å². The predicted molar refractivity (Wildman–Crippen MR) is 121 cm³/mol. The van der Waals surface area contributed by atoms with Gasteiger partial charge in [-0.1, -0.05) is 6.07 Å². The van der Waals surface area contributed by atoms with Gasteiger partial charge in [0.05, 0.1) is 18.1 Å². The lowest BCUT2D eigenvalue weighted by Gasteiger charge is -2.28. The third-order valence-corrected chi connectivity index (χ3v) is 5.58. The van der Waals surface area contributed by atoms with E-state index in [0.29, 0.717) is 18.2 Å². The normalized spacial score (nSPS) is 15.5. The van der Waals surface area contributed by atoms with Crippen LogP contribution in [-0.4, -0.2) is 46.3 Å².